The highest BCUT2D eigenvalue weighted by Crippen LogP contribution is 2.42. The van der Waals surface area contributed by atoms with Crippen molar-refractivity contribution in [3.05, 3.63) is 36.0 Å². The smallest absolute Gasteiger partial charge is 0.118 e. The van der Waals surface area contributed by atoms with Gasteiger partial charge in [0.05, 0.1) is 24.0 Å². The number of benzene rings is 1. The molecule has 0 amide bonds. The number of nitrogens with two attached hydrogens (primary N) is 1. The second-order valence-electron chi connectivity index (χ2n) is 4.92. The number of aromatic nitrogens is 2. The van der Waals surface area contributed by atoms with E-state index in [1.807, 2.05) is 36.0 Å². The van der Waals surface area contributed by atoms with Gasteiger partial charge in [0.2, 0.25) is 0 Å². The summed E-state index contributed by atoms with van der Waals surface area (Å²) in [5, 5.41) is 4.52. The van der Waals surface area contributed by atoms with E-state index < -0.39 is 0 Å². The number of rotatable bonds is 3. The standard InChI is InChI=1S/C14H17N3O/c1-17-12(9-13(16-17)14(15)7-8-14)10-3-5-11(18-2)6-4-10/h3-6,9H,7-8,15H2,1-2H3. The highest BCUT2D eigenvalue weighted by molar-refractivity contribution is 5.61. The van der Waals surface area contributed by atoms with E-state index in [2.05, 4.69) is 11.2 Å². The summed E-state index contributed by atoms with van der Waals surface area (Å²) in [6.07, 6.45) is 2.07. The third-order valence-corrected chi connectivity index (χ3v) is 3.56. The summed E-state index contributed by atoms with van der Waals surface area (Å²) in [5.74, 6) is 0.860. The molecule has 0 aliphatic heterocycles. The zero-order valence-electron chi connectivity index (χ0n) is 10.7. The molecule has 4 heteroatoms. The summed E-state index contributed by atoms with van der Waals surface area (Å²) >= 11 is 0. The second kappa shape index (κ2) is 3.85. The Kier molecular flexibility index (Phi) is 2.41. The molecule has 94 valence electrons. The maximum absolute atomic E-state index is 6.18. The van der Waals surface area contributed by atoms with Crippen LogP contribution in [0, 0.1) is 0 Å². The molecule has 1 saturated carbocycles. The van der Waals surface area contributed by atoms with E-state index in [0.717, 1.165) is 35.5 Å². The van der Waals surface area contributed by atoms with Crippen LogP contribution in [0.25, 0.3) is 11.3 Å². The van der Waals surface area contributed by atoms with Crippen molar-refractivity contribution in [3.63, 3.8) is 0 Å². The first-order chi connectivity index (χ1) is 8.62. The van der Waals surface area contributed by atoms with E-state index >= 15 is 0 Å². The molecule has 0 spiro atoms. The van der Waals surface area contributed by atoms with Crippen LogP contribution >= 0.6 is 0 Å². The van der Waals surface area contributed by atoms with Crippen LogP contribution in [0.2, 0.25) is 0 Å². The Morgan fingerprint density at radius 1 is 1.28 bits per heavy atom. The molecular formula is C14H17N3O. The predicted molar refractivity (Wildman–Crippen MR) is 70.3 cm³/mol. The van der Waals surface area contributed by atoms with E-state index in [1.54, 1.807) is 7.11 Å². The molecule has 1 aliphatic carbocycles. The Hall–Kier alpha value is -1.81. The van der Waals surface area contributed by atoms with Gasteiger partial charge >= 0.3 is 0 Å². The van der Waals surface area contributed by atoms with Crippen LogP contribution in [0.3, 0.4) is 0 Å². The van der Waals surface area contributed by atoms with Gasteiger partial charge < -0.3 is 10.5 Å². The maximum Gasteiger partial charge on any atom is 0.118 e. The first-order valence-corrected chi connectivity index (χ1v) is 6.10. The average molecular weight is 243 g/mol. The van der Waals surface area contributed by atoms with Crippen molar-refractivity contribution < 1.29 is 4.74 Å². The number of methoxy groups -OCH3 is 1. The van der Waals surface area contributed by atoms with Crippen LogP contribution in [-0.2, 0) is 12.6 Å². The minimum Gasteiger partial charge on any atom is -0.497 e. The van der Waals surface area contributed by atoms with Crippen molar-refractivity contribution in [1.29, 1.82) is 0 Å². The summed E-state index contributed by atoms with van der Waals surface area (Å²) in [4.78, 5) is 0. The molecule has 18 heavy (non-hydrogen) atoms. The van der Waals surface area contributed by atoms with Crippen LogP contribution in [0.1, 0.15) is 18.5 Å². The van der Waals surface area contributed by atoms with Crippen LogP contribution in [-0.4, -0.2) is 16.9 Å². The van der Waals surface area contributed by atoms with Gasteiger partial charge in [-0.05, 0) is 43.2 Å². The SMILES string of the molecule is COc1ccc(-c2cc(C3(N)CC3)nn2C)cc1. The van der Waals surface area contributed by atoms with Crippen molar-refractivity contribution in [2.45, 2.75) is 18.4 Å². The second-order valence-corrected chi connectivity index (χ2v) is 4.92. The number of hydrogen-bond donors (Lipinski definition) is 1. The topological polar surface area (TPSA) is 53.1 Å². The van der Waals surface area contributed by atoms with Crippen LogP contribution in [0.15, 0.2) is 30.3 Å². The Labute approximate surface area is 106 Å². The molecule has 4 nitrogen and oxygen atoms in total. The van der Waals surface area contributed by atoms with Crippen LogP contribution < -0.4 is 10.5 Å². The van der Waals surface area contributed by atoms with E-state index in [1.165, 1.54) is 0 Å². The van der Waals surface area contributed by atoms with Crippen molar-refractivity contribution >= 4 is 0 Å². The Morgan fingerprint density at radius 3 is 2.50 bits per heavy atom. The molecule has 1 aromatic heterocycles. The van der Waals surface area contributed by atoms with Crippen molar-refractivity contribution in [2.75, 3.05) is 7.11 Å². The molecule has 1 fully saturated rings. The van der Waals surface area contributed by atoms with Gasteiger partial charge in [0.15, 0.2) is 0 Å². The minimum atomic E-state index is -0.178. The highest BCUT2D eigenvalue weighted by Gasteiger charge is 2.42. The zero-order valence-corrected chi connectivity index (χ0v) is 10.7. The molecule has 2 N–H and O–H groups in total. The first-order valence-electron chi connectivity index (χ1n) is 6.10. The van der Waals surface area contributed by atoms with Gasteiger partial charge in [-0.1, -0.05) is 0 Å². The van der Waals surface area contributed by atoms with Gasteiger partial charge in [0.1, 0.15) is 5.75 Å². The van der Waals surface area contributed by atoms with Crippen LogP contribution in [0.4, 0.5) is 0 Å². The molecule has 0 saturated heterocycles. The lowest BCUT2D eigenvalue weighted by atomic mass is 10.1. The molecule has 1 aromatic carbocycles. The maximum atomic E-state index is 6.18. The van der Waals surface area contributed by atoms with E-state index in [4.69, 9.17) is 10.5 Å². The van der Waals surface area contributed by atoms with Gasteiger partial charge in [-0.25, -0.2) is 0 Å². The Balaban J connectivity index is 1.97. The average Bonchev–Trinajstić information content (AvgIpc) is 3.01. The van der Waals surface area contributed by atoms with E-state index in [-0.39, 0.29) is 5.54 Å². The van der Waals surface area contributed by atoms with Crippen molar-refractivity contribution in [3.8, 4) is 17.0 Å². The third kappa shape index (κ3) is 1.78. The first kappa shape index (κ1) is 11.3. The van der Waals surface area contributed by atoms with Gasteiger partial charge in [-0.15, -0.1) is 0 Å². The molecule has 0 atom stereocenters. The lowest BCUT2D eigenvalue weighted by Crippen LogP contribution is -2.19. The summed E-state index contributed by atoms with van der Waals surface area (Å²) in [6.45, 7) is 0. The molecule has 0 bridgehead atoms. The largest absolute Gasteiger partial charge is 0.497 e. The van der Waals surface area contributed by atoms with Crippen LogP contribution in [0.5, 0.6) is 5.75 Å². The lowest BCUT2D eigenvalue weighted by molar-refractivity contribution is 0.415. The number of nitrogens with zero attached hydrogens (tertiary/aromatic N) is 2. The third-order valence-electron chi connectivity index (χ3n) is 3.56. The zero-order chi connectivity index (χ0) is 12.8. The van der Waals surface area contributed by atoms with E-state index in [9.17, 15) is 0 Å². The fourth-order valence-corrected chi connectivity index (χ4v) is 2.13. The lowest BCUT2D eigenvalue weighted by Gasteiger charge is -2.03. The van der Waals surface area contributed by atoms with Gasteiger partial charge in [0.25, 0.3) is 0 Å². The van der Waals surface area contributed by atoms with Crippen molar-refractivity contribution in [1.82, 2.24) is 9.78 Å². The molecular weight excluding hydrogens is 226 g/mol. The summed E-state index contributed by atoms with van der Waals surface area (Å²) in [5.41, 5.74) is 9.21. The van der Waals surface area contributed by atoms with E-state index in [0.29, 0.717) is 0 Å². The minimum absolute atomic E-state index is 0.178. The Morgan fingerprint density at radius 2 is 1.94 bits per heavy atom. The molecule has 1 heterocycles. The monoisotopic (exact) mass is 243 g/mol. The predicted octanol–water partition coefficient (Wildman–Crippen LogP) is 2.04. The fraction of sp³-hybridized carbons (Fsp3) is 0.357. The molecule has 3 rings (SSSR count). The Bertz CT molecular complexity index is 567. The summed E-state index contributed by atoms with van der Waals surface area (Å²) in [7, 11) is 3.62. The van der Waals surface area contributed by atoms with Gasteiger partial charge in [0, 0.05) is 12.6 Å². The molecule has 1 aliphatic rings. The quantitative estimate of drug-likeness (QED) is 0.897. The molecule has 0 unspecified atom stereocenters. The molecule has 0 radical (unpaired) electrons. The number of ether oxygens (including phenoxy) is 1. The summed E-state index contributed by atoms with van der Waals surface area (Å²) in [6, 6.07) is 10.1. The molecule has 2 aromatic rings. The fourth-order valence-electron chi connectivity index (χ4n) is 2.13. The highest BCUT2D eigenvalue weighted by atomic mass is 16.5. The van der Waals surface area contributed by atoms with Gasteiger partial charge in [-0.3, -0.25) is 4.68 Å². The summed E-state index contributed by atoms with van der Waals surface area (Å²) < 4.78 is 7.06. The number of hydrogen-bond acceptors (Lipinski definition) is 3. The number of aryl methyl sites for hydroxylation is 1. The van der Waals surface area contributed by atoms with Crippen molar-refractivity contribution in [2.24, 2.45) is 12.8 Å². The normalized spacial score (nSPS) is 16.6. The van der Waals surface area contributed by atoms with Gasteiger partial charge in [-0.2, -0.15) is 5.10 Å².